The minimum absolute atomic E-state index is 0.119. The molecule has 2 rings (SSSR count). The van der Waals surface area contributed by atoms with Crippen LogP contribution in [-0.4, -0.2) is 67.3 Å². The second-order valence-corrected chi connectivity index (χ2v) is 5.05. The summed E-state index contributed by atoms with van der Waals surface area (Å²) in [7, 11) is 1.32. The number of carbonyl (C=O) groups excluding carboxylic acids is 1. The van der Waals surface area contributed by atoms with Crippen molar-refractivity contribution in [3.63, 3.8) is 0 Å². The molecule has 0 saturated carbocycles. The van der Waals surface area contributed by atoms with E-state index in [-0.39, 0.29) is 6.61 Å². The molecule has 6 heteroatoms. The lowest BCUT2D eigenvalue weighted by Gasteiger charge is -2.38. The van der Waals surface area contributed by atoms with Crippen LogP contribution < -0.4 is 0 Å². The lowest BCUT2D eigenvalue weighted by Crippen LogP contribution is -2.50. The Bertz CT molecular complexity index is 476. The van der Waals surface area contributed by atoms with Gasteiger partial charge in [-0.1, -0.05) is 18.2 Å². The molecule has 1 unspecified atom stereocenters. The fourth-order valence-electron chi connectivity index (χ4n) is 2.67. The number of aliphatic hydroxyl groups is 1. The molecule has 1 fully saturated rings. The Morgan fingerprint density at radius 2 is 2.00 bits per heavy atom. The summed E-state index contributed by atoms with van der Waals surface area (Å²) >= 11 is 0. The predicted molar refractivity (Wildman–Crippen MR) is 76.3 cm³/mol. The number of hydrogen-bond acceptors (Lipinski definition) is 5. The summed E-state index contributed by atoms with van der Waals surface area (Å²) in [5, 5.41) is 8.96. The van der Waals surface area contributed by atoms with Crippen molar-refractivity contribution in [1.82, 2.24) is 9.80 Å². The molecule has 0 radical (unpaired) electrons. The lowest BCUT2D eigenvalue weighted by molar-refractivity contribution is -0.148. The van der Waals surface area contributed by atoms with Crippen molar-refractivity contribution in [2.75, 3.05) is 46.4 Å². The normalized spacial score (nSPS) is 18.4. The zero-order valence-electron chi connectivity index (χ0n) is 12.2. The van der Waals surface area contributed by atoms with E-state index in [1.54, 1.807) is 18.2 Å². The van der Waals surface area contributed by atoms with E-state index in [0.717, 1.165) is 13.1 Å². The average Bonchev–Trinajstić information content (AvgIpc) is 2.51. The van der Waals surface area contributed by atoms with Gasteiger partial charge in [-0.2, -0.15) is 0 Å². The highest BCUT2D eigenvalue weighted by Crippen LogP contribution is 2.25. The zero-order chi connectivity index (χ0) is 15.2. The smallest absolute Gasteiger partial charge is 0.327 e. The summed E-state index contributed by atoms with van der Waals surface area (Å²) in [6.07, 6.45) is 0. The third kappa shape index (κ3) is 3.78. The van der Waals surface area contributed by atoms with Gasteiger partial charge in [0.25, 0.3) is 0 Å². The number of β-amino-alcohol motifs (C(OH)–C–C–N with tert-alkyl or cyclic N) is 1. The van der Waals surface area contributed by atoms with E-state index in [9.17, 15) is 9.18 Å². The van der Waals surface area contributed by atoms with Crippen molar-refractivity contribution in [3.8, 4) is 0 Å². The van der Waals surface area contributed by atoms with Crippen LogP contribution in [0.1, 0.15) is 11.6 Å². The van der Waals surface area contributed by atoms with Gasteiger partial charge in [0.05, 0.1) is 13.7 Å². The molecule has 1 atom stereocenters. The van der Waals surface area contributed by atoms with Crippen LogP contribution >= 0.6 is 0 Å². The summed E-state index contributed by atoms with van der Waals surface area (Å²) in [4.78, 5) is 16.1. The van der Waals surface area contributed by atoms with E-state index in [1.807, 2.05) is 4.90 Å². The largest absolute Gasteiger partial charge is 0.468 e. The van der Waals surface area contributed by atoms with Crippen molar-refractivity contribution in [2.24, 2.45) is 0 Å². The van der Waals surface area contributed by atoms with Gasteiger partial charge < -0.3 is 9.84 Å². The lowest BCUT2D eigenvalue weighted by atomic mass is 10.0. The van der Waals surface area contributed by atoms with Crippen LogP contribution in [0, 0.1) is 5.82 Å². The number of rotatable bonds is 5. The molecule has 1 aliphatic rings. The number of ether oxygens (including phenoxy) is 1. The molecule has 0 aliphatic carbocycles. The van der Waals surface area contributed by atoms with Crippen molar-refractivity contribution in [2.45, 2.75) is 6.04 Å². The molecule has 1 N–H and O–H groups in total. The summed E-state index contributed by atoms with van der Waals surface area (Å²) in [6, 6.07) is 5.58. The SMILES string of the molecule is COC(=O)C(c1ccccc1F)N1CCN(CCO)CC1. The molecule has 1 aromatic rings. The fraction of sp³-hybridized carbons (Fsp3) is 0.533. The van der Waals surface area contributed by atoms with Gasteiger partial charge in [-0.25, -0.2) is 9.18 Å². The highest BCUT2D eigenvalue weighted by atomic mass is 19.1. The van der Waals surface area contributed by atoms with E-state index in [4.69, 9.17) is 9.84 Å². The van der Waals surface area contributed by atoms with Gasteiger partial charge in [0.2, 0.25) is 0 Å². The minimum Gasteiger partial charge on any atom is -0.468 e. The maximum absolute atomic E-state index is 14.0. The van der Waals surface area contributed by atoms with E-state index in [1.165, 1.54) is 13.2 Å². The predicted octanol–water partition coefficient (Wildman–Crippen LogP) is 0.650. The van der Waals surface area contributed by atoms with Gasteiger partial charge in [-0.15, -0.1) is 0 Å². The number of esters is 1. The maximum atomic E-state index is 14.0. The van der Waals surface area contributed by atoms with Crippen molar-refractivity contribution >= 4 is 5.97 Å². The molecular formula is C15H21FN2O3. The van der Waals surface area contributed by atoms with E-state index < -0.39 is 17.8 Å². The van der Waals surface area contributed by atoms with Gasteiger partial charge in [0.15, 0.2) is 0 Å². The van der Waals surface area contributed by atoms with E-state index in [2.05, 4.69) is 4.90 Å². The van der Waals surface area contributed by atoms with Gasteiger partial charge in [0, 0.05) is 38.3 Å². The first-order chi connectivity index (χ1) is 10.2. The Labute approximate surface area is 123 Å². The quantitative estimate of drug-likeness (QED) is 0.809. The van der Waals surface area contributed by atoms with Crippen LogP contribution in [0.2, 0.25) is 0 Å². The molecule has 0 amide bonds. The monoisotopic (exact) mass is 296 g/mol. The van der Waals surface area contributed by atoms with E-state index in [0.29, 0.717) is 25.2 Å². The number of nitrogens with zero attached hydrogens (tertiary/aromatic N) is 2. The van der Waals surface area contributed by atoms with Gasteiger partial charge >= 0.3 is 5.97 Å². The minimum atomic E-state index is -0.715. The van der Waals surface area contributed by atoms with E-state index >= 15 is 0 Å². The van der Waals surface area contributed by atoms with Crippen molar-refractivity contribution in [3.05, 3.63) is 35.6 Å². The second-order valence-electron chi connectivity index (χ2n) is 5.05. The number of aliphatic hydroxyl groups excluding tert-OH is 1. The molecule has 1 aromatic carbocycles. The Morgan fingerprint density at radius 1 is 1.33 bits per heavy atom. The third-order valence-electron chi connectivity index (χ3n) is 3.81. The second kappa shape index (κ2) is 7.49. The molecule has 1 aliphatic heterocycles. The number of halogens is 1. The van der Waals surface area contributed by atoms with Crippen LogP contribution in [-0.2, 0) is 9.53 Å². The Balaban J connectivity index is 2.15. The van der Waals surface area contributed by atoms with Crippen LogP contribution in [0.3, 0.4) is 0 Å². The summed E-state index contributed by atoms with van der Waals surface area (Å²) in [5.41, 5.74) is 0.347. The standard InChI is InChI=1S/C15H21FN2O3/c1-21-15(20)14(12-4-2-3-5-13(12)16)18-8-6-17(7-9-18)10-11-19/h2-5,14,19H,6-11H2,1H3. The van der Waals surface area contributed by atoms with Gasteiger partial charge in [-0.05, 0) is 6.07 Å². The summed E-state index contributed by atoms with van der Waals surface area (Å²) in [6.45, 7) is 3.48. The highest BCUT2D eigenvalue weighted by Gasteiger charge is 2.32. The molecule has 1 heterocycles. The Hall–Kier alpha value is -1.50. The number of hydrogen-bond donors (Lipinski definition) is 1. The summed E-state index contributed by atoms with van der Waals surface area (Å²) in [5.74, 6) is -0.846. The first-order valence-electron chi connectivity index (χ1n) is 7.07. The van der Waals surface area contributed by atoms with Crippen LogP contribution in [0.25, 0.3) is 0 Å². The molecule has 5 nitrogen and oxygen atoms in total. The molecule has 1 saturated heterocycles. The fourth-order valence-corrected chi connectivity index (χ4v) is 2.67. The molecular weight excluding hydrogens is 275 g/mol. The van der Waals surface area contributed by atoms with Gasteiger partial charge in [-0.3, -0.25) is 9.80 Å². The molecule has 0 bridgehead atoms. The number of methoxy groups -OCH3 is 1. The Morgan fingerprint density at radius 3 is 2.57 bits per heavy atom. The number of piperazine rings is 1. The Kier molecular flexibility index (Phi) is 5.67. The number of carbonyl (C=O) groups is 1. The third-order valence-corrected chi connectivity index (χ3v) is 3.81. The van der Waals surface area contributed by atoms with Crippen LogP contribution in [0.5, 0.6) is 0 Å². The summed E-state index contributed by atoms with van der Waals surface area (Å²) < 4.78 is 18.9. The van der Waals surface area contributed by atoms with Crippen LogP contribution in [0.15, 0.2) is 24.3 Å². The average molecular weight is 296 g/mol. The molecule has 0 aromatic heterocycles. The van der Waals surface area contributed by atoms with Crippen LogP contribution in [0.4, 0.5) is 4.39 Å². The van der Waals surface area contributed by atoms with Crippen molar-refractivity contribution < 1.29 is 19.0 Å². The molecule has 21 heavy (non-hydrogen) atoms. The van der Waals surface area contributed by atoms with Gasteiger partial charge in [0.1, 0.15) is 11.9 Å². The topological polar surface area (TPSA) is 53.0 Å². The number of benzene rings is 1. The van der Waals surface area contributed by atoms with Crippen molar-refractivity contribution in [1.29, 1.82) is 0 Å². The maximum Gasteiger partial charge on any atom is 0.327 e. The highest BCUT2D eigenvalue weighted by molar-refractivity contribution is 5.77. The molecule has 0 spiro atoms. The molecule has 116 valence electrons. The first kappa shape index (κ1) is 15.9. The first-order valence-corrected chi connectivity index (χ1v) is 7.07. The zero-order valence-corrected chi connectivity index (χ0v) is 12.2.